The third-order valence-electron chi connectivity index (χ3n) is 2.60. The van der Waals surface area contributed by atoms with Crippen LogP contribution in [-0.4, -0.2) is 12.4 Å². The lowest BCUT2D eigenvalue weighted by Crippen LogP contribution is -2.26. The minimum atomic E-state index is -0.616. The number of Topliss-reactive ketones (excluding diaryl/α,β-unsaturated/α-hetero) is 1. The molecule has 74 valence electrons. The lowest BCUT2D eigenvalue weighted by atomic mass is 9.89. The Kier molecular flexibility index (Phi) is 2.16. The number of epoxide rings is 1. The zero-order chi connectivity index (χ0) is 10.2. The van der Waals surface area contributed by atoms with Gasteiger partial charge in [0.1, 0.15) is 0 Å². The highest BCUT2D eigenvalue weighted by Gasteiger charge is 2.53. The lowest BCUT2D eigenvalue weighted by Gasteiger charge is -2.13. The smallest absolute Gasteiger partial charge is 0.175 e. The fourth-order valence-corrected chi connectivity index (χ4v) is 1.70. The average molecular weight is 190 g/mol. The van der Waals surface area contributed by atoms with E-state index in [4.69, 9.17) is 4.74 Å². The van der Waals surface area contributed by atoms with Crippen LogP contribution in [0.1, 0.15) is 19.4 Å². The average Bonchev–Trinajstić information content (AvgIpc) is 2.99. The highest BCUT2D eigenvalue weighted by molar-refractivity contribution is 5.92. The molecule has 1 unspecified atom stereocenters. The largest absolute Gasteiger partial charge is 0.356 e. The Morgan fingerprint density at radius 3 is 2.36 bits per heavy atom. The second-order valence-electron chi connectivity index (χ2n) is 4.00. The van der Waals surface area contributed by atoms with Crippen LogP contribution in [0.25, 0.3) is 0 Å². The van der Waals surface area contributed by atoms with Gasteiger partial charge in [-0.2, -0.15) is 0 Å². The molecule has 1 aromatic carbocycles. The molecule has 0 spiro atoms. The van der Waals surface area contributed by atoms with Crippen molar-refractivity contribution in [2.75, 3.05) is 6.61 Å². The van der Waals surface area contributed by atoms with Crippen LogP contribution in [-0.2, 0) is 15.1 Å². The van der Waals surface area contributed by atoms with Gasteiger partial charge in [0, 0.05) is 5.92 Å². The molecule has 1 aliphatic rings. The maximum Gasteiger partial charge on any atom is 0.175 e. The lowest BCUT2D eigenvalue weighted by molar-refractivity contribution is -0.127. The number of carbonyl (C=O) groups is 1. The van der Waals surface area contributed by atoms with Gasteiger partial charge in [0.15, 0.2) is 11.4 Å². The fraction of sp³-hybridized carbons (Fsp3) is 0.417. The van der Waals surface area contributed by atoms with Gasteiger partial charge in [-0.05, 0) is 5.56 Å². The van der Waals surface area contributed by atoms with E-state index in [0.29, 0.717) is 6.61 Å². The summed E-state index contributed by atoms with van der Waals surface area (Å²) in [6, 6.07) is 9.72. The summed E-state index contributed by atoms with van der Waals surface area (Å²) in [5, 5.41) is 0. The Balaban J connectivity index is 2.30. The molecule has 0 N–H and O–H groups in total. The first-order valence-corrected chi connectivity index (χ1v) is 4.90. The van der Waals surface area contributed by atoms with Crippen molar-refractivity contribution in [3.8, 4) is 0 Å². The Bertz CT molecular complexity index is 337. The highest BCUT2D eigenvalue weighted by Crippen LogP contribution is 2.41. The van der Waals surface area contributed by atoms with E-state index in [1.807, 2.05) is 44.2 Å². The van der Waals surface area contributed by atoms with E-state index in [2.05, 4.69) is 0 Å². The minimum absolute atomic E-state index is 0.0257. The molecule has 1 aliphatic heterocycles. The number of hydrogen-bond donors (Lipinski definition) is 0. The summed E-state index contributed by atoms with van der Waals surface area (Å²) < 4.78 is 5.36. The van der Waals surface area contributed by atoms with Crippen LogP contribution in [0, 0.1) is 5.92 Å². The predicted molar refractivity (Wildman–Crippen MR) is 53.9 cm³/mol. The van der Waals surface area contributed by atoms with E-state index in [0.717, 1.165) is 5.56 Å². The third-order valence-corrected chi connectivity index (χ3v) is 2.60. The van der Waals surface area contributed by atoms with Crippen LogP contribution in [0.3, 0.4) is 0 Å². The highest BCUT2D eigenvalue weighted by atomic mass is 16.6. The summed E-state index contributed by atoms with van der Waals surface area (Å²) in [4.78, 5) is 11.9. The first-order chi connectivity index (χ1) is 6.67. The van der Waals surface area contributed by atoms with Crippen molar-refractivity contribution in [1.29, 1.82) is 0 Å². The van der Waals surface area contributed by atoms with Crippen LogP contribution in [0.15, 0.2) is 30.3 Å². The molecular formula is C12H14O2. The quantitative estimate of drug-likeness (QED) is 0.683. The number of rotatable bonds is 3. The van der Waals surface area contributed by atoms with Crippen molar-refractivity contribution >= 4 is 5.78 Å². The number of hydrogen-bond acceptors (Lipinski definition) is 2. The van der Waals surface area contributed by atoms with Gasteiger partial charge in [0.05, 0.1) is 6.61 Å². The van der Waals surface area contributed by atoms with Gasteiger partial charge in [0.2, 0.25) is 0 Å². The molecule has 2 nitrogen and oxygen atoms in total. The molecule has 0 radical (unpaired) electrons. The molecule has 0 saturated carbocycles. The third kappa shape index (κ3) is 1.36. The van der Waals surface area contributed by atoms with Gasteiger partial charge in [-0.15, -0.1) is 0 Å². The molecule has 0 aliphatic carbocycles. The second-order valence-corrected chi connectivity index (χ2v) is 4.00. The molecule has 0 amide bonds. The summed E-state index contributed by atoms with van der Waals surface area (Å²) in [7, 11) is 0. The zero-order valence-corrected chi connectivity index (χ0v) is 8.49. The fourth-order valence-electron chi connectivity index (χ4n) is 1.70. The molecule has 2 heteroatoms. The Labute approximate surface area is 83.9 Å². The summed E-state index contributed by atoms with van der Waals surface area (Å²) >= 11 is 0. The van der Waals surface area contributed by atoms with Gasteiger partial charge < -0.3 is 4.74 Å². The van der Waals surface area contributed by atoms with Crippen molar-refractivity contribution in [3.05, 3.63) is 35.9 Å². The predicted octanol–water partition coefficient (Wildman–Crippen LogP) is 2.14. The Morgan fingerprint density at radius 1 is 1.36 bits per heavy atom. The summed E-state index contributed by atoms with van der Waals surface area (Å²) in [6.45, 7) is 4.36. The minimum Gasteiger partial charge on any atom is -0.356 e. The van der Waals surface area contributed by atoms with Crippen LogP contribution in [0.4, 0.5) is 0 Å². The van der Waals surface area contributed by atoms with E-state index in [1.54, 1.807) is 0 Å². The van der Waals surface area contributed by atoms with Gasteiger partial charge in [-0.1, -0.05) is 44.2 Å². The van der Waals surface area contributed by atoms with E-state index < -0.39 is 5.60 Å². The maximum atomic E-state index is 11.9. The standard InChI is InChI=1S/C12H14O2/c1-9(2)11(13)12(8-14-12)10-6-4-3-5-7-10/h3-7,9H,8H2,1-2H3. The Hall–Kier alpha value is -1.15. The van der Waals surface area contributed by atoms with Crippen LogP contribution in [0.5, 0.6) is 0 Å². The van der Waals surface area contributed by atoms with Crippen LogP contribution >= 0.6 is 0 Å². The van der Waals surface area contributed by atoms with Crippen LogP contribution in [0.2, 0.25) is 0 Å². The van der Waals surface area contributed by atoms with E-state index in [-0.39, 0.29) is 11.7 Å². The first-order valence-electron chi connectivity index (χ1n) is 4.90. The van der Waals surface area contributed by atoms with Crippen molar-refractivity contribution in [2.45, 2.75) is 19.4 Å². The summed E-state index contributed by atoms with van der Waals surface area (Å²) in [5.41, 5.74) is 0.369. The molecule has 0 bridgehead atoms. The topological polar surface area (TPSA) is 29.6 Å². The van der Waals surface area contributed by atoms with Gasteiger partial charge in [-0.25, -0.2) is 0 Å². The second kappa shape index (κ2) is 3.21. The number of benzene rings is 1. The van der Waals surface area contributed by atoms with Crippen molar-refractivity contribution in [2.24, 2.45) is 5.92 Å². The summed E-state index contributed by atoms with van der Waals surface area (Å²) in [5.74, 6) is 0.210. The van der Waals surface area contributed by atoms with Crippen LogP contribution < -0.4 is 0 Å². The molecule has 1 atom stereocenters. The molecule has 1 saturated heterocycles. The number of carbonyl (C=O) groups excluding carboxylic acids is 1. The molecule has 1 aromatic rings. The zero-order valence-electron chi connectivity index (χ0n) is 8.49. The van der Waals surface area contributed by atoms with Crippen molar-refractivity contribution in [3.63, 3.8) is 0 Å². The van der Waals surface area contributed by atoms with Crippen molar-refractivity contribution < 1.29 is 9.53 Å². The van der Waals surface area contributed by atoms with Gasteiger partial charge in [0.25, 0.3) is 0 Å². The van der Waals surface area contributed by atoms with Crippen molar-refractivity contribution in [1.82, 2.24) is 0 Å². The Morgan fingerprint density at radius 2 is 1.93 bits per heavy atom. The SMILES string of the molecule is CC(C)C(=O)C1(c2ccccc2)CO1. The molecule has 2 rings (SSSR count). The number of ether oxygens (including phenoxy) is 1. The van der Waals surface area contributed by atoms with Gasteiger partial charge >= 0.3 is 0 Å². The first kappa shape index (κ1) is 9.41. The molecule has 14 heavy (non-hydrogen) atoms. The molecule has 1 heterocycles. The summed E-state index contributed by atoms with van der Waals surface area (Å²) in [6.07, 6.45) is 0. The monoisotopic (exact) mass is 190 g/mol. The van der Waals surface area contributed by atoms with E-state index in [9.17, 15) is 4.79 Å². The molecular weight excluding hydrogens is 176 g/mol. The maximum absolute atomic E-state index is 11.9. The molecule has 1 fully saturated rings. The van der Waals surface area contributed by atoms with Gasteiger partial charge in [-0.3, -0.25) is 4.79 Å². The van der Waals surface area contributed by atoms with E-state index >= 15 is 0 Å². The van der Waals surface area contributed by atoms with E-state index in [1.165, 1.54) is 0 Å². The molecule has 0 aromatic heterocycles. The number of ketones is 1. The normalized spacial score (nSPS) is 25.1.